The van der Waals surface area contributed by atoms with E-state index in [-0.39, 0.29) is 19.2 Å². The van der Waals surface area contributed by atoms with Crippen LogP contribution in [0.3, 0.4) is 0 Å². The summed E-state index contributed by atoms with van der Waals surface area (Å²) in [4.78, 5) is 28.9. The molecule has 4 rings (SSSR count). The Balaban J connectivity index is 1.50. The molecule has 3 aromatic carbocycles. The number of halogens is 2. The Labute approximate surface area is 194 Å². The van der Waals surface area contributed by atoms with Crippen molar-refractivity contribution in [1.29, 1.82) is 0 Å². The second-order valence-electron chi connectivity index (χ2n) is 7.11. The Bertz CT molecular complexity index is 1260. The summed E-state index contributed by atoms with van der Waals surface area (Å²) in [5.41, 5.74) is 2.89. The normalized spacial score (nSPS) is 13.9. The molecule has 166 valence electrons. The van der Waals surface area contributed by atoms with Gasteiger partial charge in [0, 0.05) is 39.2 Å². The summed E-state index contributed by atoms with van der Waals surface area (Å²) in [7, 11) is 0. The third-order valence-electron chi connectivity index (χ3n) is 4.84. The van der Waals surface area contributed by atoms with Crippen LogP contribution in [0.5, 0.6) is 0 Å². The summed E-state index contributed by atoms with van der Waals surface area (Å²) in [6, 6.07) is 20.0. The number of carbonyl (C=O) groups is 2. The number of aliphatic imine (C=N–C) groups is 1. The molecule has 0 fully saturated rings. The minimum atomic E-state index is -0.661. The van der Waals surface area contributed by atoms with Gasteiger partial charge in [-0.25, -0.2) is 9.18 Å². The molecule has 0 bridgehead atoms. The number of esters is 1. The maximum Gasteiger partial charge on any atom is 0.334 e. The van der Waals surface area contributed by atoms with Gasteiger partial charge < -0.3 is 15.4 Å². The van der Waals surface area contributed by atoms with Crippen molar-refractivity contribution < 1.29 is 18.7 Å². The number of rotatable bonds is 5. The van der Waals surface area contributed by atoms with E-state index in [1.807, 2.05) is 0 Å². The standard InChI is InChI=1S/C25H19ClFN3O3/c26-17-10-11-22-20(12-17)24(19-8-4-5-9-21(19)27)28-14-18(30-22)13-23(31)33-15-29-25(32)16-6-2-1-3-7-16/h1-13,30H,14-15H2,(H,29,32). The smallest absolute Gasteiger partial charge is 0.334 e. The van der Waals surface area contributed by atoms with Crippen molar-refractivity contribution in [3.05, 3.63) is 112 Å². The number of ether oxygens (including phenoxy) is 1. The molecule has 1 aliphatic rings. The van der Waals surface area contributed by atoms with Crippen molar-refractivity contribution in [3.8, 4) is 0 Å². The molecule has 33 heavy (non-hydrogen) atoms. The molecule has 1 amide bonds. The molecule has 6 nitrogen and oxygen atoms in total. The lowest BCUT2D eigenvalue weighted by Gasteiger charge is -2.12. The van der Waals surface area contributed by atoms with Crippen LogP contribution in [0, 0.1) is 5.82 Å². The minimum absolute atomic E-state index is 0.0848. The molecule has 3 aromatic rings. The first-order chi connectivity index (χ1) is 16.0. The molecule has 1 aliphatic heterocycles. The van der Waals surface area contributed by atoms with E-state index in [1.165, 1.54) is 12.1 Å². The maximum atomic E-state index is 14.5. The van der Waals surface area contributed by atoms with Gasteiger partial charge in [0.2, 0.25) is 0 Å². The highest BCUT2D eigenvalue weighted by Gasteiger charge is 2.20. The fraction of sp³-hybridized carbons (Fsp3) is 0.0800. The number of nitrogens with one attached hydrogen (secondary N) is 2. The molecule has 0 spiro atoms. The first-order valence-electron chi connectivity index (χ1n) is 10.1. The van der Waals surface area contributed by atoms with E-state index < -0.39 is 11.8 Å². The Morgan fingerprint density at radius 3 is 2.61 bits per heavy atom. The van der Waals surface area contributed by atoms with Crippen molar-refractivity contribution in [3.63, 3.8) is 0 Å². The molecule has 0 aliphatic carbocycles. The molecule has 2 N–H and O–H groups in total. The van der Waals surface area contributed by atoms with E-state index >= 15 is 0 Å². The predicted octanol–water partition coefficient (Wildman–Crippen LogP) is 4.56. The topological polar surface area (TPSA) is 79.8 Å². The summed E-state index contributed by atoms with van der Waals surface area (Å²) in [6.45, 7) is -0.201. The molecular formula is C25H19ClFN3O3. The van der Waals surface area contributed by atoms with E-state index in [9.17, 15) is 14.0 Å². The lowest BCUT2D eigenvalue weighted by molar-refractivity contribution is -0.138. The maximum absolute atomic E-state index is 14.5. The summed E-state index contributed by atoms with van der Waals surface area (Å²) < 4.78 is 19.6. The van der Waals surface area contributed by atoms with Crippen LogP contribution in [0.2, 0.25) is 5.02 Å². The second-order valence-corrected chi connectivity index (χ2v) is 7.55. The van der Waals surface area contributed by atoms with Gasteiger partial charge in [0.15, 0.2) is 6.73 Å². The van der Waals surface area contributed by atoms with E-state index in [2.05, 4.69) is 15.6 Å². The van der Waals surface area contributed by atoms with Gasteiger partial charge in [-0.2, -0.15) is 0 Å². The Morgan fingerprint density at radius 1 is 1.06 bits per heavy atom. The number of benzene rings is 3. The highest BCUT2D eigenvalue weighted by molar-refractivity contribution is 6.31. The molecular weight excluding hydrogens is 445 g/mol. The lowest BCUT2D eigenvalue weighted by atomic mass is 10.00. The molecule has 0 saturated carbocycles. The fourth-order valence-electron chi connectivity index (χ4n) is 3.30. The zero-order valence-electron chi connectivity index (χ0n) is 17.3. The van der Waals surface area contributed by atoms with Gasteiger partial charge >= 0.3 is 5.97 Å². The van der Waals surface area contributed by atoms with Crippen LogP contribution >= 0.6 is 11.6 Å². The number of amides is 1. The van der Waals surface area contributed by atoms with E-state index in [0.717, 1.165) is 0 Å². The number of hydrogen-bond donors (Lipinski definition) is 2. The average Bonchev–Trinajstić information content (AvgIpc) is 2.99. The summed E-state index contributed by atoms with van der Waals surface area (Å²) >= 11 is 6.17. The summed E-state index contributed by atoms with van der Waals surface area (Å²) in [6.07, 6.45) is 1.25. The Hall–Kier alpha value is -3.97. The molecule has 0 unspecified atom stereocenters. The average molecular weight is 464 g/mol. The largest absolute Gasteiger partial charge is 0.441 e. The van der Waals surface area contributed by atoms with Crippen molar-refractivity contribution in [1.82, 2.24) is 5.32 Å². The van der Waals surface area contributed by atoms with Crippen LogP contribution in [0.25, 0.3) is 0 Å². The van der Waals surface area contributed by atoms with Crippen LogP contribution in [-0.4, -0.2) is 30.9 Å². The SMILES string of the molecule is O=C(C=C1CN=C(c2ccccc2F)c2cc(Cl)ccc2N1)OCNC(=O)c1ccccc1. The minimum Gasteiger partial charge on any atom is -0.441 e. The predicted molar refractivity (Wildman–Crippen MR) is 125 cm³/mol. The number of nitrogens with zero attached hydrogens (tertiary/aromatic N) is 1. The van der Waals surface area contributed by atoms with Crippen LogP contribution in [0.15, 0.2) is 89.6 Å². The molecule has 0 saturated heterocycles. The number of hydrogen-bond acceptors (Lipinski definition) is 5. The van der Waals surface area contributed by atoms with Crippen LogP contribution in [-0.2, 0) is 9.53 Å². The molecule has 0 aromatic heterocycles. The van der Waals surface area contributed by atoms with Gasteiger partial charge in [-0.3, -0.25) is 9.79 Å². The first kappa shape index (κ1) is 22.2. The number of anilines is 1. The van der Waals surface area contributed by atoms with E-state index in [4.69, 9.17) is 16.3 Å². The van der Waals surface area contributed by atoms with Gasteiger partial charge in [-0.05, 0) is 42.5 Å². The molecule has 8 heteroatoms. The van der Waals surface area contributed by atoms with Gasteiger partial charge in [0.1, 0.15) is 5.82 Å². The van der Waals surface area contributed by atoms with Crippen molar-refractivity contribution in [2.45, 2.75) is 0 Å². The first-order valence-corrected chi connectivity index (χ1v) is 10.5. The monoisotopic (exact) mass is 463 g/mol. The van der Waals surface area contributed by atoms with E-state index in [1.54, 1.807) is 66.7 Å². The van der Waals surface area contributed by atoms with Gasteiger partial charge in [-0.15, -0.1) is 0 Å². The van der Waals surface area contributed by atoms with Gasteiger partial charge in [0.25, 0.3) is 5.91 Å². The van der Waals surface area contributed by atoms with Crippen LogP contribution < -0.4 is 10.6 Å². The van der Waals surface area contributed by atoms with Crippen LogP contribution in [0.1, 0.15) is 21.5 Å². The third-order valence-corrected chi connectivity index (χ3v) is 5.08. The number of carbonyl (C=O) groups excluding carboxylic acids is 2. The second kappa shape index (κ2) is 10.1. The zero-order chi connectivity index (χ0) is 23.2. The number of fused-ring (bicyclic) bond motifs is 1. The molecule has 1 heterocycles. The third kappa shape index (κ3) is 5.45. The summed E-state index contributed by atoms with van der Waals surface area (Å²) in [5, 5.41) is 6.13. The van der Waals surface area contributed by atoms with Crippen molar-refractivity contribution in [2.24, 2.45) is 4.99 Å². The fourth-order valence-corrected chi connectivity index (χ4v) is 3.47. The highest BCUT2D eigenvalue weighted by atomic mass is 35.5. The summed E-state index contributed by atoms with van der Waals surface area (Å²) in [5.74, 6) is -1.43. The Morgan fingerprint density at radius 2 is 1.82 bits per heavy atom. The number of benzodiazepines with no additional fused rings is 1. The quantitative estimate of drug-likeness (QED) is 0.330. The van der Waals surface area contributed by atoms with Crippen LogP contribution in [0.4, 0.5) is 10.1 Å². The zero-order valence-corrected chi connectivity index (χ0v) is 18.1. The Kier molecular flexibility index (Phi) is 6.80. The molecule has 0 atom stereocenters. The van der Waals surface area contributed by atoms with Gasteiger partial charge in [0.05, 0.1) is 12.3 Å². The van der Waals surface area contributed by atoms with Crippen molar-refractivity contribution >= 4 is 34.9 Å². The van der Waals surface area contributed by atoms with E-state index in [0.29, 0.717) is 38.8 Å². The highest BCUT2D eigenvalue weighted by Crippen LogP contribution is 2.28. The van der Waals surface area contributed by atoms with Crippen molar-refractivity contribution in [2.75, 3.05) is 18.6 Å². The molecule has 0 radical (unpaired) electrons. The lowest BCUT2D eigenvalue weighted by Crippen LogP contribution is -2.27. The van der Waals surface area contributed by atoms with Gasteiger partial charge in [-0.1, -0.05) is 41.9 Å².